The average molecular weight is 404 g/mol. The van der Waals surface area contributed by atoms with Crippen molar-refractivity contribution in [2.24, 2.45) is 0 Å². The van der Waals surface area contributed by atoms with Crippen molar-refractivity contribution >= 4 is 49.1 Å². The van der Waals surface area contributed by atoms with Crippen molar-refractivity contribution < 1.29 is 0 Å². The van der Waals surface area contributed by atoms with Crippen molar-refractivity contribution in [1.29, 1.82) is 0 Å². The molecule has 0 heterocycles. The minimum atomic E-state index is 0.774. The molecule has 0 bridgehead atoms. The Hall–Kier alpha value is -0.510. The van der Waals surface area contributed by atoms with Gasteiger partial charge in [-0.1, -0.05) is 61.7 Å². The lowest BCUT2D eigenvalue weighted by atomic mass is 10.2. The summed E-state index contributed by atoms with van der Waals surface area (Å²) in [5.74, 6) is 0. The number of anilines is 1. The van der Waals surface area contributed by atoms with Gasteiger partial charge in [-0.25, -0.2) is 0 Å². The molecule has 4 heteroatoms. The van der Waals surface area contributed by atoms with Gasteiger partial charge in [-0.2, -0.15) is 0 Å². The molecule has 19 heavy (non-hydrogen) atoms. The molecule has 0 aliphatic rings. The third-order valence-electron chi connectivity index (χ3n) is 2.95. The van der Waals surface area contributed by atoms with Crippen molar-refractivity contribution in [2.75, 3.05) is 11.9 Å². The molecule has 0 saturated carbocycles. The van der Waals surface area contributed by atoms with Gasteiger partial charge >= 0.3 is 0 Å². The Bertz CT molecular complexity index is 555. The van der Waals surface area contributed by atoms with E-state index in [-0.39, 0.29) is 0 Å². The third-order valence-corrected chi connectivity index (χ3v) is 4.55. The number of benzene rings is 2. The van der Waals surface area contributed by atoms with Crippen molar-refractivity contribution in [3.05, 3.63) is 63.1 Å². The van der Waals surface area contributed by atoms with E-state index in [1.54, 1.807) is 0 Å². The lowest BCUT2D eigenvalue weighted by Gasteiger charge is -2.20. The number of rotatable bonds is 4. The van der Waals surface area contributed by atoms with Gasteiger partial charge in [0.05, 0.1) is 0 Å². The standard InChI is InChI=1S/C15H14Br2ClN/c1-19(10-11-2-5-13(18)6-3-11)14-7-4-12(9-16)15(17)8-14/h2-8H,9-10H2,1H3. The number of nitrogens with zero attached hydrogens (tertiary/aromatic N) is 1. The molecule has 0 amide bonds. The van der Waals surface area contributed by atoms with Crippen LogP contribution < -0.4 is 4.90 Å². The topological polar surface area (TPSA) is 3.24 Å². The van der Waals surface area contributed by atoms with E-state index in [2.05, 4.69) is 74.1 Å². The average Bonchev–Trinajstić information content (AvgIpc) is 2.41. The van der Waals surface area contributed by atoms with Crippen molar-refractivity contribution in [1.82, 2.24) is 0 Å². The molecule has 2 rings (SSSR count). The molecule has 0 atom stereocenters. The van der Waals surface area contributed by atoms with Crippen LogP contribution in [0.25, 0.3) is 0 Å². The Labute approximate surface area is 135 Å². The second-order valence-electron chi connectivity index (χ2n) is 4.39. The highest BCUT2D eigenvalue weighted by Crippen LogP contribution is 2.26. The molecule has 0 spiro atoms. The normalized spacial score (nSPS) is 10.5. The zero-order valence-corrected chi connectivity index (χ0v) is 14.5. The van der Waals surface area contributed by atoms with Gasteiger partial charge in [-0.05, 0) is 35.4 Å². The summed E-state index contributed by atoms with van der Waals surface area (Å²) in [5.41, 5.74) is 3.68. The van der Waals surface area contributed by atoms with E-state index in [0.717, 1.165) is 21.4 Å². The summed E-state index contributed by atoms with van der Waals surface area (Å²) in [5, 5.41) is 1.63. The predicted molar refractivity (Wildman–Crippen MR) is 90.3 cm³/mol. The van der Waals surface area contributed by atoms with E-state index in [1.807, 2.05) is 12.1 Å². The lowest BCUT2D eigenvalue weighted by molar-refractivity contribution is 0.922. The maximum absolute atomic E-state index is 5.90. The van der Waals surface area contributed by atoms with Crippen LogP contribution in [0.1, 0.15) is 11.1 Å². The van der Waals surface area contributed by atoms with E-state index in [1.165, 1.54) is 16.8 Å². The van der Waals surface area contributed by atoms with E-state index < -0.39 is 0 Å². The Balaban J connectivity index is 2.13. The fraction of sp³-hybridized carbons (Fsp3) is 0.200. The first-order valence-corrected chi connectivity index (χ1v) is 8.19. The Morgan fingerprint density at radius 3 is 2.37 bits per heavy atom. The summed E-state index contributed by atoms with van der Waals surface area (Å²) in [7, 11) is 2.09. The SMILES string of the molecule is CN(Cc1ccc(Cl)cc1)c1ccc(CBr)c(Br)c1. The minimum absolute atomic E-state index is 0.774. The first-order valence-electron chi connectivity index (χ1n) is 5.90. The Morgan fingerprint density at radius 1 is 1.11 bits per heavy atom. The predicted octanol–water partition coefficient (Wildman–Crippen LogP) is 5.63. The van der Waals surface area contributed by atoms with Crippen LogP contribution in [0.15, 0.2) is 46.9 Å². The largest absolute Gasteiger partial charge is 0.370 e. The molecule has 2 aromatic rings. The smallest absolute Gasteiger partial charge is 0.0426 e. The molecule has 100 valence electrons. The summed E-state index contributed by atoms with van der Waals surface area (Å²) in [4.78, 5) is 2.21. The van der Waals surface area contributed by atoms with Crippen LogP contribution >= 0.6 is 43.5 Å². The van der Waals surface area contributed by atoms with Crippen LogP contribution in [0.2, 0.25) is 5.02 Å². The van der Waals surface area contributed by atoms with Gasteiger partial charge in [-0.3, -0.25) is 0 Å². The number of hydrogen-bond acceptors (Lipinski definition) is 1. The molecular formula is C15H14Br2ClN. The second-order valence-corrected chi connectivity index (χ2v) is 6.24. The number of hydrogen-bond donors (Lipinski definition) is 0. The van der Waals surface area contributed by atoms with Gasteiger partial charge < -0.3 is 4.90 Å². The third kappa shape index (κ3) is 3.98. The summed E-state index contributed by atoms with van der Waals surface area (Å²) < 4.78 is 1.13. The van der Waals surface area contributed by atoms with Crippen LogP contribution in [0, 0.1) is 0 Å². The van der Waals surface area contributed by atoms with Crippen molar-refractivity contribution in [3.8, 4) is 0 Å². The lowest BCUT2D eigenvalue weighted by Crippen LogP contribution is -2.16. The molecule has 0 fully saturated rings. The molecule has 0 unspecified atom stereocenters. The van der Waals surface area contributed by atoms with Gasteiger partial charge in [0.25, 0.3) is 0 Å². The first kappa shape index (κ1) is 14.9. The summed E-state index contributed by atoms with van der Waals surface area (Å²) in [6.45, 7) is 0.858. The fourth-order valence-electron chi connectivity index (χ4n) is 1.84. The fourth-order valence-corrected chi connectivity index (χ4v) is 3.34. The van der Waals surface area contributed by atoms with Gasteiger partial charge in [0.1, 0.15) is 0 Å². The number of alkyl halides is 1. The van der Waals surface area contributed by atoms with E-state index in [9.17, 15) is 0 Å². The number of halogens is 3. The van der Waals surface area contributed by atoms with Crippen LogP contribution in [0.4, 0.5) is 5.69 Å². The van der Waals surface area contributed by atoms with Crippen molar-refractivity contribution in [3.63, 3.8) is 0 Å². The van der Waals surface area contributed by atoms with E-state index in [4.69, 9.17) is 11.6 Å². The highest BCUT2D eigenvalue weighted by Gasteiger charge is 2.05. The maximum Gasteiger partial charge on any atom is 0.0426 e. The van der Waals surface area contributed by atoms with E-state index in [0.29, 0.717) is 0 Å². The molecular weight excluding hydrogens is 389 g/mol. The highest BCUT2D eigenvalue weighted by atomic mass is 79.9. The summed E-state index contributed by atoms with van der Waals surface area (Å²) in [6.07, 6.45) is 0. The summed E-state index contributed by atoms with van der Waals surface area (Å²) in [6, 6.07) is 14.4. The molecule has 0 radical (unpaired) electrons. The summed E-state index contributed by atoms with van der Waals surface area (Å²) >= 11 is 13.0. The Kier molecular flexibility index (Phi) is 5.31. The molecule has 0 saturated heterocycles. The molecule has 0 aliphatic carbocycles. The van der Waals surface area contributed by atoms with Gasteiger partial charge in [0.15, 0.2) is 0 Å². The van der Waals surface area contributed by atoms with E-state index >= 15 is 0 Å². The van der Waals surface area contributed by atoms with Gasteiger partial charge in [0, 0.05) is 34.1 Å². The van der Waals surface area contributed by atoms with Crippen LogP contribution in [-0.2, 0) is 11.9 Å². The zero-order valence-electron chi connectivity index (χ0n) is 10.5. The quantitative estimate of drug-likeness (QED) is 0.598. The maximum atomic E-state index is 5.90. The molecule has 1 nitrogen and oxygen atoms in total. The minimum Gasteiger partial charge on any atom is -0.370 e. The molecule has 2 aromatic carbocycles. The monoisotopic (exact) mass is 401 g/mol. The zero-order chi connectivity index (χ0) is 13.8. The van der Waals surface area contributed by atoms with Gasteiger partial charge in [-0.15, -0.1) is 0 Å². The Morgan fingerprint density at radius 2 is 1.79 bits per heavy atom. The molecule has 0 aliphatic heterocycles. The van der Waals surface area contributed by atoms with Crippen LogP contribution in [-0.4, -0.2) is 7.05 Å². The highest BCUT2D eigenvalue weighted by molar-refractivity contribution is 9.10. The first-order chi connectivity index (χ1) is 9.10. The van der Waals surface area contributed by atoms with Crippen molar-refractivity contribution in [2.45, 2.75) is 11.9 Å². The van der Waals surface area contributed by atoms with Crippen LogP contribution in [0.3, 0.4) is 0 Å². The van der Waals surface area contributed by atoms with Crippen LogP contribution in [0.5, 0.6) is 0 Å². The second kappa shape index (κ2) is 6.78. The van der Waals surface area contributed by atoms with Gasteiger partial charge in [0.2, 0.25) is 0 Å². The molecule has 0 N–H and O–H groups in total. The molecule has 0 aromatic heterocycles.